The highest BCUT2D eigenvalue weighted by atomic mass is 32.1. The highest BCUT2D eigenvalue weighted by Gasteiger charge is 2.24. The van der Waals surface area contributed by atoms with Crippen LogP contribution in [0.1, 0.15) is 99.9 Å². The number of ether oxygens (including phenoxy) is 4. The maximum absolute atomic E-state index is 5.98. The summed E-state index contributed by atoms with van der Waals surface area (Å²) in [5.74, 6) is 0. The average molecular weight is 703 g/mol. The minimum atomic E-state index is 0.831. The van der Waals surface area contributed by atoms with Crippen molar-refractivity contribution in [3.05, 3.63) is 33.0 Å². The van der Waals surface area contributed by atoms with Gasteiger partial charge >= 0.3 is 0 Å². The monoisotopic (exact) mass is 702 g/mol. The minimum absolute atomic E-state index is 0.831. The van der Waals surface area contributed by atoms with Gasteiger partial charge < -0.3 is 18.9 Å². The normalized spacial score (nSPS) is 12.3. The zero-order valence-electron chi connectivity index (χ0n) is 28.6. The fourth-order valence-electron chi connectivity index (χ4n) is 6.18. The number of fused-ring (bicyclic) bond motifs is 6. The second-order valence-electron chi connectivity index (χ2n) is 12.2. The van der Waals surface area contributed by atoms with Crippen LogP contribution in [0.25, 0.3) is 39.0 Å². The van der Waals surface area contributed by atoms with Gasteiger partial charge in [-0.05, 0) is 100 Å². The Morgan fingerprint density at radius 1 is 0.413 bits per heavy atom. The van der Waals surface area contributed by atoms with E-state index in [2.05, 4.69) is 39.8 Å². The summed E-state index contributed by atoms with van der Waals surface area (Å²) in [7, 11) is 0. The van der Waals surface area contributed by atoms with Crippen LogP contribution in [0, 0.1) is 0 Å². The summed E-state index contributed by atoms with van der Waals surface area (Å²) in [5.41, 5.74) is 3.12. The van der Waals surface area contributed by atoms with Crippen LogP contribution < -0.4 is 0 Å². The van der Waals surface area contributed by atoms with Crippen molar-refractivity contribution in [3.8, 4) is 0 Å². The van der Waals surface area contributed by atoms with Crippen molar-refractivity contribution in [3.63, 3.8) is 0 Å². The van der Waals surface area contributed by atoms with Crippen molar-refractivity contribution >= 4 is 84.3 Å². The summed E-state index contributed by atoms with van der Waals surface area (Å²) in [6.45, 7) is 15.5. The molecule has 46 heavy (non-hydrogen) atoms. The standard InChI is InChI=1S/C38H54O4S4/c1-5-17-39-21-9-13-27-25-31-37(43-27)33-29(15-11-23-41-19-7-3)36-34(30(35(33)45-31)16-12-24-42-20-8-4)38-32(46-36)26-28(44-38)14-10-22-40-18-6-2/h25-26H,5-24H2,1-4H3. The summed E-state index contributed by atoms with van der Waals surface area (Å²) >= 11 is 8.14. The number of rotatable bonds is 24. The number of thiophene rings is 4. The van der Waals surface area contributed by atoms with Crippen LogP contribution in [0.4, 0.5) is 0 Å². The van der Waals surface area contributed by atoms with Crippen molar-refractivity contribution in [2.24, 2.45) is 0 Å². The Bertz CT molecular complexity index is 1500. The zero-order valence-corrected chi connectivity index (χ0v) is 31.8. The molecule has 5 aromatic rings. The molecule has 4 heterocycles. The molecule has 254 valence electrons. The number of hydrogen-bond donors (Lipinski definition) is 0. The lowest BCUT2D eigenvalue weighted by molar-refractivity contribution is 0.132. The number of hydrogen-bond acceptors (Lipinski definition) is 8. The van der Waals surface area contributed by atoms with Crippen molar-refractivity contribution in [2.45, 2.75) is 105 Å². The predicted molar refractivity (Wildman–Crippen MR) is 206 cm³/mol. The Balaban J connectivity index is 1.55. The van der Waals surface area contributed by atoms with E-state index >= 15 is 0 Å². The molecule has 0 fully saturated rings. The van der Waals surface area contributed by atoms with Crippen LogP contribution in [-0.2, 0) is 44.6 Å². The summed E-state index contributed by atoms with van der Waals surface area (Å²) in [6.07, 6.45) is 13.0. The molecular weight excluding hydrogens is 649 g/mol. The van der Waals surface area contributed by atoms with Gasteiger partial charge in [0.15, 0.2) is 0 Å². The topological polar surface area (TPSA) is 36.9 Å². The molecule has 0 radical (unpaired) electrons. The van der Waals surface area contributed by atoms with E-state index in [1.165, 1.54) is 48.7 Å². The predicted octanol–water partition coefficient (Wildman–Crippen LogP) is 12.0. The lowest BCUT2D eigenvalue weighted by Crippen LogP contribution is -2.00. The first-order valence-corrected chi connectivity index (χ1v) is 21.1. The van der Waals surface area contributed by atoms with Crippen molar-refractivity contribution < 1.29 is 18.9 Å². The highest BCUT2D eigenvalue weighted by Crippen LogP contribution is 2.51. The molecule has 0 saturated carbocycles. The number of benzene rings is 1. The third kappa shape index (κ3) is 9.12. The molecule has 4 nitrogen and oxygen atoms in total. The van der Waals surface area contributed by atoms with E-state index in [1.54, 1.807) is 11.1 Å². The van der Waals surface area contributed by atoms with Gasteiger partial charge in [0.1, 0.15) is 0 Å². The van der Waals surface area contributed by atoms with Crippen molar-refractivity contribution in [2.75, 3.05) is 52.9 Å². The summed E-state index contributed by atoms with van der Waals surface area (Å²) < 4.78 is 32.5. The summed E-state index contributed by atoms with van der Waals surface area (Å²) in [4.78, 5) is 2.99. The fourth-order valence-corrected chi connectivity index (χ4v) is 11.8. The van der Waals surface area contributed by atoms with Gasteiger partial charge in [-0.1, -0.05) is 27.7 Å². The maximum Gasteiger partial charge on any atom is 0.0535 e. The van der Waals surface area contributed by atoms with E-state index in [1.807, 2.05) is 45.3 Å². The minimum Gasteiger partial charge on any atom is -0.381 e. The Morgan fingerprint density at radius 3 is 1.11 bits per heavy atom. The molecule has 0 atom stereocenters. The van der Waals surface area contributed by atoms with Crippen molar-refractivity contribution in [1.29, 1.82) is 0 Å². The lowest BCUT2D eigenvalue weighted by Gasteiger charge is -2.13. The van der Waals surface area contributed by atoms with Crippen molar-refractivity contribution in [1.82, 2.24) is 0 Å². The quantitative estimate of drug-likeness (QED) is 0.0600. The summed E-state index contributed by atoms with van der Waals surface area (Å²) in [6, 6.07) is 4.97. The second kappa shape index (κ2) is 19.2. The Labute approximate surface area is 292 Å². The van der Waals surface area contributed by atoms with Gasteiger partial charge in [0.2, 0.25) is 0 Å². The van der Waals surface area contributed by atoms with Crippen LogP contribution in [-0.4, -0.2) is 52.9 Å². The van der Waals surface area contributed by atoms with E-state index in [4.69, 9.17) is 18.9 Å². The fraction of sp³-hybridized carbons (Fsp3) is 0.632. The SMILES string of the molecule is CCCOCCCc1cc2sc3c(CCCOCCC)c4c(sc5cc(CCCOCCC)sc54)c(CCCOCCC)c3c2s1. The van der Waals surface area contributed by atoms with Gasteiger partial charge in [-0.2, -0.15) is 0 Å². The molecule has 0 aliphatic rings. The Hall–Kier alpha value is -1.10. The molecule has 0 aliphatic carbocycles. The Morgan fingerprint density at radius 2 is 0.761 bits per heavy atom. The van der Waals surface area contributed by atoms with Crippen LogP contribution in [0.5, 0.6) is 0 Å². The molecule has 0 aliphatic heterocycles. The molecule has 0 bridgehead atoms. The second-order valence-corrected chi connectivity index (χ2v) is 16.6. The van der Waals surface area contributed by atoms with Crippen LogP contribution >= 0.6 is 45.3 Å². The molecule has 8 heteroatoms. The molecular formula is C38H54O4S4. The van der Waals surface area contributed by atoms with E-state index < -0.39 is 0 Å². The van der Waals surface area contributed by atoms with Gasteiger partial charge in [0.05, 0.1) is 9.40 Å². The summed E-state index contributed by atoms with van der Waals surface area (Å²) in [5, 5.41) is 3.07. The Kier molecular flexibility index (Phi) is 15.1. The molecule has 4 aromatic heterocycles. The van der Waals surface area contributed by atoms with E-state index in [0.29, 0.717) is 0 Å². The van der Waals surface area contributed by atoms with E-state index in [-0.39, 0.29) is 0 Å². The molecule has 1 aromatic carbocycles. The third-order valence-electron chi connectivity index (χ3n) is 8.23. The van der Waals surface area contributed by atoms with Crippen LogP contribution in [0.2, 0.25) is 0 Å². The van der Waals surface area contributed by atoms with E-state index in [9.17, 15) is 0 Å². The van der Waals surface area contributed by atoms with Gasteiger partial charge in [-0.15, -0.1) is 45.3 Å². The molecule has 0 N–H and O–H groups in total. The lowest BCUT2D eigenvalue weighted by atomic mass is 9.96. The molecule has 0 unspecified atom stereocenters. The average Bonchev–Trinajstić information content (AvgIpc) is 3.81. The first-order valence-electron chi connectivity index (χ1n) is 17.8. The van der Waals surface area contributed by atoms with Gasteiger partial charge in [0, 0.05) is 92.2 Å². The molecule has 0 spiro atoms. The first kappa shape index (κ1) is 36.2. The largest absolute Gasteiger partial charge is 0.381 e. The van der Waals surface area contributed by atoms with E-state index in [0.717, 1.165) is 130 Å². The van der Waals surface area contributed by atoms with Gasteiger partial charge in [0.25, 0.3) is 0 Å². The first-order chi connectivity index (χ1) is 22.7. The third-order valence-corrected chi connectivity index (χ3v) is 13.3. The van der Waals surface area contributed by atoms with Gasteiger partial charge in [-0.25, -0.2) is 0 Å². The van der Waals surface area contributed by atoms with Crippen LogP contribution in [0.3, 0.4) is 0 Å². The highest BCUT2D eigenvalue weighted by molar-refractivity contribution is 7.34. The molecule has 0 amide bonds. The van der Waals surface area contributed by atoms with Crippen LogP contribution in [0.15, 0.2) is 12.1 Å². The van der Waals surface area contributed by atoms with Gasteiger partial charge in [-0.3, -0.25) is 0 Å². The molecule has 5 rings (SSSR count). The smallest absolute Gasteiger partial charge is 0.0535 e. The zero-order chi connectivity index (χ0) is 32.1. The maximum atomic E-state index is 5.98. The number of aryl methyl sites for hydroxylation is 4. The molecule has 0 saturated heterocycles.